The van der Waals surface area contributed by atoms with Gasteiger partial charge in [0, 0.05) is 11.5 Å². The van der Waals surface area contributed by atoms with E-state index < -0.39 is 0 Å². The SMILES string of the molecule is COc1ccc(-c2nc(C(C)C)sc2N)cc1Br. The first-order valence-electron chi connectivity index (χ1n) is 5.63. The topological polar surface area (TPSA) is 48.1 Å². The Bertz CT molecular complexity index is 566. The zero-order valence-electron chi connectivity index (χ0n) is 10.5. The third-order valence-corrected chi connectivity index (χ3v) is 4.39. The molecule has 2 aromatic rings. The third-order valence-electron chi connectivity index (χ3n) is 2.59. The predicted molar refractivity (Wildman–Crippen MR) is 80.3 cm³/mol. The molecule has 0 radical (unpaired) electrons. The highest BCUT2D eigenvalue weighted by Gasteiger charge is 2.14. The van der Waals surface area contributed by atoms with E-state index >= 15 is 0 Å². The number of hydrogen-bond donors (Lipinski definition) is 1. The van der Waals surface area contributed by atoms with Crippen molar-refractivity contribution in [3.8, 4) is 17.0 Å². The number of rotatable bonds is 3. The van der Waals surface area contributed by atoms with Crippen LogP contribution in [0.2, 0.25) is 0 Å². The Morgan fingerprint density at radius 2 is 2.11 bits per heavy atom. The number of ether oxygens (including phenoxy) is 1. The first-order chi connectivity index (χ1) is 8.52. The van der Waals surface area contributed by atoms with E-state index in [1.54, 1.807) is 18.4 Å². The average Bonchev–Trinajstić information content (AvgIpc) is 2.71. The van der Waals surface area contributed by atoms with Crippen LogP contribution in [0.5, 0.6) is 5.75 Å². The first kappa shape index (κ1) is 13.4. The molecule has 0 aliphatic heterocycles. The van der Waals surface area contributed by atoms with Crippen LogP contribution < -0.4 is 10.5 Å². The molecule has 2 rings (SSSR count). The van der Waals surface area contributed by atoms with E-state index in [0.717, 1.165) is 31.5 Å². The molecule has 0 saturated carbocycles. The maximum atomic E-state index is 6.04. The largest absolute Gasteiger partial charge is 0.496 e. The summed E-state index contributed by atoms with van der Waals surface area (Å²) in [7, 11) is 1.65. The van der Waals surface area contributed by atoms with Gasteiger partial charge < -0.3 is 10.5 Å². The molecule has 3 nitrogen and oxygen atoms in total. The molecule has 0 saturated heterocycles. The lowest BCUT2D eigenvalue weighted by atomic mass is 10.1. The van der Waals surface area contributed by atoms with Crippen molar-refractivity contribution >= 4 is 32.3 Å². The van der Waals surface area contributed by atoms with Crippen LogP contribution in [0.15, 0.2) is 22.7 Å². The summed E-state index contributed by atoms with van der Waals surface area (Å²) in [5, 5.41) is 1.82. The quantitative estimate of drug-likeness (QED) is 0.915. The van der Waals surface area contributed by atoms with E-state index in [9.17, 15) is 0 Å². The second-order valence-electron chi connectivity index (χ2n) is 4.27. The molecule has 0 amide bonds. The number of nitrogen functional groups attached to an aromatic ring is 1. The van der Waals surface area contributed by atoms with Crippen molar-refractivity contribution < 1.29 is 4.74 Å². The minimum absolute atomic E-state index is 0.396. The van der Waals surface area contributed by atoms with Crippen molar-refractivity contribution in [2.45, 2.75) is 19.8 Å². The summed E-state index contributed by atoms with van der Waals surface area (Å²) in [6.45, 7) is 4.23. The molecule has 0 fully saturated rings. The van der Waals surface area contributed by atoms with Gasteiger partial charge in [0.2, 0.25) is 0 Å². The van der Waals surface area contributed by atoms with Gasteiger partial charge in [-0.15, -0.1) is 11.3 Å². The first-order valence-corrected chi connectivity index (χ1v) is 7.24. The molecule has 0 aliphatic carbocycles. The van der Waals surface area contributed by atoms with Crippen LogP contribution in [0.25, 0.3) is 11.3 Å². The van der Waals surface area contributed by atoms with Gasteiger partial charge >= 0.3 is 0 Å². The predicted octanol–water partition coefficient (Wildman–Crippen LogP) is 4.29. The number of hydrogen-bond acceptors (Lipinski definition) is 4. The average molecular weight is 327 g/mol. The molecule has 96 valence electrons. The van der Waals surface area contributed by atoms with Crippen LogP contribution in [0.1, 0.15) is 24.8 Å². The Kier molecular flexibility index (Phi) is 3.92. The summed E-state index contributed by atoms with van der Waals surface area (Å²) in [5.74, 6) is 1.20. The highest BCUT2D eigenvalue weighted by molar-refractivity contribution is 9.10. The van der Waals surface area contributed by atoms with E-state index in [1.807, 2.05) is 18.2 Å². The lowest BCUT2D eigenvalue weighted by Gasteiger charge is -2.05. The lowest BCUT2D eigenvalue weighted by molar-refractivity contribution is 0.412. The number of thiazole rings is 1. The normalized spacial score (nSPS) is 10.9. The molecule has 0 bridgehead atoms. The molecule has 18 heavy (non-hydrogen) atoms. The maximum absolute atomic E-state index is 6.04. The number of methoxy groups -OCH3 is 1. The van der Waals surface area contributed by atoms with Crippen LogP contribution in [0.3, 0.4) is 0 Å². The smallest absolute Gasteiger partial charge is 0.133 e. The van der Waals surface area contributed by atoms with Gasteiger partial charge in [-0.1, -0.05) is 13.8 Å². The van der Waals surface area contributed by atoms with Crippen molar-refractivity contribution in [3.05, 3.63) is 27.7 Å². The second kappa shape index (κ2) is 5.28. The summed E-state index contributed by atoms with van der Waals surface area (Å²) in [4.78, 5) is 4.61. The minimum atomic E-state index is 0.396. The molecule has 0 unspecified atom stereocenters. The number of nitrogens with two attached hydrogens (primary N) is 1. The standard InChI is InChI=1S/C13H15BrN2OS/c1-7(2)13-16-11(12(15)18-13)8-4-5-10(17-3)9(14)6-8/h4-7H,15H2,1-3H3. The highest BCUT2D eigenvalue weighted by atomic mass is 79.9. The molecular formula is C13H15BrN2OS. The fraction of sp³-hybridized carbons (Fsp3) is 0.308. The van der Waals surface area contributed by atoms with E-state index in [1.165, 1.54) is 0 Å². The molecule has 1 aromatic heterocycles. The van der Waals surface area contributed by atoms with Crippen molar-refractivity contribution in [2.24, 2.45) is 0 Å². The van der Waals surface area contributed by atoms with E-state index in [2.05, 4.69) is 34.8 Å². The van der Waals surface area contributed by atoms with Gasteiger partial charge in [-0.05, 0) is 34.1 Å². The van der Waals surface area contributed by atoms with Crippen molar-refractivity contribution in [1.82, 2.24) is 4.98 Å². The fourth-order valence-corrected chi connectivity index (χ4v) is 3.02. The van der Waals surface area contributed by atoms with Crippen LogP contribution in [-0.4, -0.2) is 12.1 Å². The van der Waals surface area contributed by atoms with Crippen LogP contribution >= 0.6 is 27.3 Å². The van der Waals surface area contributed by atoms with Crippen molar-refractivity contribution in [3.63, 3.8) is 0 Å². The van der Waals surface area contributed by atoms with Gasteiger partial charge in [-0.2, -0.15) is 0 Å². The minimum Gasteiger partial charge on any atom is -0.496 e. The summed E-state index contributed by atoms with van der Waals surface area (Å²) in [5.41, 5.74) is 7.90. The Hall–Kier alpha value is -1.07. The van der Waals surface area contributed by atoms with E-state index in [-0.39, 0.29) is 0 Å². The van der Waals surface area contributed by atoms with Crippen molar-refractivity contribution in [1.29, 1.82) is 0 Å². The molecule has 0 spiro atoms. The Labute approximate surface area is 119 Å². The molecular weight excluding hydrogens is 312 g/mol. The Morgan fingerprint density at radius 3 is 2.61 bits per heavy atom. The molecule has 1 aromatic carbocycles. The van der Waals surface area contributed by atoms with Crippen LogP contribution in [0, 0.1) is 0 Å². The van der Waals surface area contributed by atoms with Gasteiger partial charge in [-0.3, -0.25) is 0 Å². The molecule has 1 heterocycles. The van der Waals surface area contributed by atoms with Gasteiger partial charge in [0.15, 0.2) is 0 Å². The van der Waals surface area contributed by atoms with Gasteiger partial charge in [-0.25, -0.2) is 4.98 Å². The summed E-state index contributed by atoms with van der Waals surface area (Å²) < 4.78 is 6.12. The summed E-state index contributed by atoms with van der Waals surface area (Å²) >= 11 is 5.03. The van der Waals surface area contributed by atoms with Crippen LogP contribution in [-0.2, 0) is 0 Å². The number of halogens is 1. The number of aromatic nitrogens is 1. The maximum Gasteiger partial charge on any atom is 0.133 e. The van der Waals surface area contributed by atoms with Gasteiger partial charge in [0.25, 0.3) is 0 Å². The number of nitrogens with zero attached hydrogens (tertiary/aromatic N) is 1. The van der Waals surface area contributed by atoms with Gasteiger partial charge in [0.05, 0.1) is 16.6 Å². The Morgan fingerprint density at radius 1 is 1.39 bits per heavy atom. The van der Waals surface area contributed by atoms with Crippen LogP contribution in [0.4, 0.5) is 5.00 Å². The molecule has 0 aliphatic rings. The zero-order valence-corrected chi connectivity index (χ0v) is 12.9. The van der Waals surface area contributed by atoms with E-state index in [4.69, 9.17) is 10.5 Å². The Balaban J connectivity index is 2.45. The zero-order chi connectivity index (χ0) is 13.3. The molecule has 5 heteroatoms. The molecule has 2 N–H and O–H groups in total. The van der Waals surface area contributed by atoms with E-state index in [0.29, 0.717) is 5.92 Å². The second-order valence-corrected chi connectivity index (χ2v) is 6.19. The van der Waals surface area contributed by atoms with Gasteiger partial charge in [0.1, 0.15) is 16.4 Å². The number of anilines is 1. The number of benzene rings is 1. The van der Waals surface area contributed by atoms with Crippen molar-refractivity contribution in [2.75, 3.05) is 12.8 Å². The fourth-order valence-electron chi connectivity index (χ4n) is 1.62. The third kappa shape index (κ3) is 2.52. The summed E-state index contributed by atoms with van der Waals surface area (Å²) in [6.07, 6.45) is 0. The highest BCUT2D eigenvalue weighted by Crippen LogP contribution is 2.36. The molecule has 0 atom stereocenters. The lowest BCUT2D eigenvalue weighted by Crippen LogP contribution is -1.89. The summed E-state index contributed by atoms with van der Waals surface area (Å²) in [6, 6.07) is 5.86. The monoisotopic (exact) mass is 326 g/mol.